The summed E-state index contributed by atoms with van der Waals surface area (Å²) in [5.74, 6) is 0.0589. The van der Waals surface area contributed by atoms with Crippen LogP contribution in [-0.2, 0) is 0 Å². The van der Waals surface area contributed by atoms with Crippen LogP contribution < -0.4 is 5.32 Å². The Hall–Kier alpha value is -1.35. The zero-order valence-corrected chi connectivity index (χ0v) is 10.1. The molecule has 0 aliphatic heterocycles. The number of carbonyl (C=O) groups is 1. The van der Waals surface area contributed by atoms with Gasteiger partial charge in [-0.15, -0.1) is 0 Å². The highest BCUT2D eigenvalue weighted by Gasteiger charge is 2.16. The smallest absolute Gasteiger partial charge is 0.159 e. The van der Waals surface area contributed by atoms with Crippen molar-refractivity contribution >= 4 is 11.5 Å². The Balaban J connectivity index is 2.81. The highest BCUT2D eigenvalue weighted by molar-refractivity contribution is 5.94. The van der Waals surface area contributed by atoms with Gasteiger partial charge in [0, 0.05) is 23.4 Å². The minimum Gasteiger partial charge on any atom is -0.396 e. The number of benzene rings is 1. The van der Waals surface area contributed by atoms with Crippen LogP contribution in [0.4, 0.5) is 5.69 Å². The van der Waals surface area contributed by atoms with Gasteiger partial charge in [0.05, 0.1) is 0 Å². The van der Waals surface area contributed by atoms with E-state index in [4.69, 9.17) is 5.11 Å². The molecular weight excluding hydrogens is 202 g/mol. The number of aliphatic hydroxyl groups is 1. The first-order chi connectivity index (χ1) is 7.44. The first kappa shape index (κ1) is 12.7. The molecule has 0 bridgehead atoms. The highest BCUT2D eigenvalue weighted by Crippen LogP contribution is 2.19. The van der Waals surface area contributed by atoms with Crippen molar-refractivity contribution in [2.75, 3.05) is 11.9 Å². The Morgan fingerprint density at radius 3 is 2.69 bits per heavy atom. The summed E-state index contributed by atoms with van der Waals surface area (Å²) in [4.78, 5) is 11.2. The van der Waals surface area contributed by atoms with E-state index in [2.05, 4.69) is 5.32 Å². The van der Waals surface area contributed by atoms with E-state index in [9.17, 15) is 4.79 Å². The number of Topliss-reactive ketones (excluding diaryl/α,β-unsaturated/α-hetero) is 1. The lowest BCUT2D eigenvalue weighted by Crippen LogP contribution is -2.31. The van der Waals surface area contributed by atoms with Crippen LogP contribution in [0.15, 0.2) is 24.3 Å². The quantitative estimate of drug-likeness (QED) is 0.751. The second kappa shape index (κ2) is 5.12. The fourth-order valence-electron chi connectivity index (χ4n) is 1.55. The summed E-state index contributed by atoms with van der Waals surface area (Å²) in [6, 6.07) is 7.41. The van der Waals surface area contributed by atoms with Gasteiger partial charge in [-0.2, -0.15) is 0 Å². The number of rotatable bonds is 5. The average Bonchev–Trinajstić information content (AvgIpc) is 2.17. The van der Waals surface area contributed by atoms with Crippen LogP contribution in [-0.4, -0.2) is 23.0 Å². The van der Waals surface area contributed by atoms with Crippen LogP contribution in [0.1, 0.15) is 37.6 Å². The van der Waals surface area contributed by atoms with E-state index in [0.717, 1.165) is 5.69 Å². The first-order valence-electron chi connectivity index (χ1n) is 5.45. The molecule has 0 unspecified atom stereocenters. The maximum Gasteiger partial charge on any atom is 0.159 e. The van der Waals surface area contributed by atoms with Crippen molar-refractivity contribution in [2.45, 2.75) is 32.7 Å². The Labute approximate surface area is 96.5 Å². The third-order valence-corrected chi connectivity index (χ3v) is 2.49. The van der Waals surface area contributed by atoms with E-state index < -0.39 is 0 Å². The largest absolute Gasteiger partial charge is 0.396 e. The van der Waals surface area contributed by atoms with Gasteiger partial charge in [0.1, 0.15) is 0 Å². The lowest BCUT2D eigenvalue weighted by Gasteiger charge is -2.26. The number of hydrogen-bond acceptors (Lipinski definition) is 3. The number of carbonyl (C=O) groups excluding carboxylic acids is 1. The Morgan fingerprint density at radius 2 is 2.12 bits per heavy atom. The van der Waals surface area contributed by atoms with E-state index in [1.807, 2.05) is 32.0 Å². The first-order valence-corrected chi connectivity index (χ1v) is 5.45. The summed E-state index contributed by atoms with van der Waals surface area (Å²) in [6.45, 7) is 5.73. The van der Waals surface area contributed by atoms with Gasteiger partial charge in [0.25, 0.3) is 0 Å². The lowest BCUT2D eigenvalue weighted by molar-refractivity contribution is 0.101. The van der Waals surface area contributed by atoms with Crippen molar-refractivity contribution in [1.82, 2.24) is 0 Å². The van der Waals surface area contributed by atoms with Crippen molar-refractivity contribution < 1.29 is 9.90 Å². The molecule has 0 fully saturated rings. The summed E-state index contributed by atoms with van der Waals surface area (Å²) < 4.78 is 0. The molecule has 3 nitrogen and oxygen atoms in total. The van der Waals surface area contributed by atoms with Gasteiger partial charge in [0.15, 0.2) is 5.78 Å². The van der Waals surface area contributed by atoms with Crippen molar-refractivity contribution in [3.05, 3.63) is 29.8 Å². The van der Waals surface area contributed by atoms with Crippen LogP contribution >= 0.6 is 0 Å². The van der Waals surface area contributed by atoms with Crippen LogP contribution in [0.2, 0.25) is 0 Å². The van der Waals surface area contributed by atoms with Crippen molar-refractivity contribution in [3.63, 3.8) is 0 Å². The molecule has 0 heterocycles. The van der Waals surface area contributed by atoms with E-state index in [-0.39, 0.29) is 17.9 Å². The summed E-state index contributed by atoms with van der Waals surface area (Å²) in [5, 5.41) is 12.2. The SMILES string of the molecule is CC(=O)c1cccc(NC(C)(C)CCO)c1. The van der Waals surface area contributed by atoms with E-state index >= 15 is 0 Å². The molecule has 1 rings (SSSR count). The fourth-order valence-corrected chi connectivity index (χ4v) is 1.55. The number of aliphatic hydroxyl groups excluding tert-OH is 1. The molecule has 0 saturated heterocycles. The zero-order chi connectivity index (χ0) is 12.2. The van der Waals surface area contributed by atoms with E-state index in [0.29, 0.717) is 12.0 Å². The van der Waals surface area contributed by atoms with Gasteiger partial charge >= 0.3 is 0 Å². The predicted octanol–water partition coefficient (Wildman–Crippen LogP) is 2.46. The van der Waals surface area contributed by atoms with Crippen LogP contribution in [0, 0.1) is 0 Å². The van der Waals surface area contributed by atoms with Gasteiger partial charge < -0.3 is 10.4 Å². The van der Waals surface area contributed by atoms with Crippen molar-refractivity contribution in [1.29, 1.82) is 0 Å². The number of hydrogen-bond donors (Lipinski definition) is 2. The summed E-state index contributed by atoms with van der Waals surface area (Å²) >= 11 is 0. The molecule has 0 saturated carbocycles. The molecule has 0 amide bonds. The molecule has 2 N–H and O–H groups in total. The van der Waals surface area contributed by atoms with Gasteiger partial charge in [-0.05, 0) is 39.3 Å². The molecule has 1 aromatic rings. The standard InChI is InChI=1S/C13H19NO2/c1-10(16)11-5-4-6-12(9-11)14-13(2,3)7-8-15/h4-6,9,14-15H,7-8H2,1-3H3. The molecule has 0 aliphatic carbocycles. The molecular formula is C13H19NO2. The Bertz CT molecular complexity index is 372. The summed E-state index contributed by atoms with van der Waals surface area (Å²) in [6.07, 6.45) is 0.664. The predicted molar refractivity (Wildman–Crippen MR) is 65.9 cm³/mol. The fraction of sp³-hybridized carbons (Fsp3) is 0.462. The number of ketones is 1. The average molecular weight is 221 g/mol. The van der Waals surface area contributed by atoms with Crippen molar-refractivity contribution in [2.24, 2.45) is 0 Å². The maximum atomic E-state index is 11.2. The normalized spacial score (nSPS) is 11.2. The summed E-state index contributed by atoms with van der Waals surface area (Å²) in [5.41, 5.74) is 1.43. The maximum absolute atomic E-state index is 11.2. The monoisotopic (exact) mass is 221 g/mol. The Morgan fingerprint density at radius 1 is 1.44 bits per heavy atom. The molecule has 1 aromatic carbocycles. The Kier molecular flexibility index (Phi) is 4.07. The number of nitrogens with one attached hydrogen (secondary N) is 1. The van der Waals surface area contributed by atoms with Gasteiger partial charge in [-0.25, -0.2) is 0 Å². The molecule has 3 heteroatoms. The minimum absolute atomic E-state index is 0.0589. The molecule has 0 radical (unpaired) electrons. The number of anilines is 1. The second-order valence-corrected chi connectivity index (χ2v) is 4.62. The molecule has 88 valence electrons. The third-order valence-electron chi connectivity index (χ3n) is 2.49. The molecule has 0 spiro atoms. The zero-order valence-electron chi connectivity index (χ0n) is 10.1. The molecule has 16 heavy (non-hydrogen) atoms. The molecule has 0 aliphatic rings. The van der Waals surface area contributed by atoms with Crippen LogP contribution in [0.25, 0.3) is 0 Å². The van der Waals surface area contributed by atoms with Gasteiger partial charge in [-0.1, -0.05) is 12.1 Å². The van der Waals surface area contributed by atoms with E-state index in [1.54, 1.807) is 13.0 Å². The highest BCUT2D eigenvalue weighted by atomic mass is 16.3. The third kappa shape index (κ3) is 3.66. The van der Waals surface area contributed by atoms with Gasteiger partial charge in [0.2, 0.25) is 0 Å². The topological polar surface area (TPSA) is 49.3 Å². The lowest BCUT2D eigenvalue weighted by atomic mass is 10.0. The second-order valence-electron chi connectivity index (χ2n) is 4.62. The molecule has 0 atom stereocenters. The van der Waals surface area contributed by atoms with Gasteiger partial charge in [-0.3, -0.25) is 4.79 Å². The van der Waals surface area contributed by atoms with Crippen LogP contribution in [0.5, 0.6) is 0 Å². The van der Waals surface area contributed by atoms with E-state index in [1.165, 1.54) is 0 Å². The summed E-state index contributed by atoms with van der Waals surface area (Å²) in [7, 11) is 0. The van der Waals surface area contributed by atoms with Crippen LogP contribution in [0.3, 0.4) is 0 Å². The minimum atomic E-state index is -0.176. The van der Waals surface area contributed by atoms with Crippen molar-refractivity contribution in [3.8, 4) is 0 Å². The molecule has 0 aromatic heterocycles.